The lowest BCUT2D eigenvalue weighted by atomic mass is 10.1. The summed E-state index contributed by atoms with van der Waals surface area (Å²) < 4.78 is 2.92. The highest BCUT2D eigenvalue weighted by Crippen LogP contribution is 2.34. The van der Waals surface area contributed by atoms with Gasteiger partial charge in [-0.15, -0.1) is 5.10 Å². The van der Waals surface area contributed by atoms with Crippen LogP contribution in [0.5, 0.6) is 0 Å². The van der Waals surface area contributed by atoms with Crippen molar-refractivity contribution in [3.8, 4) is 5.69 Å². The Morgan fingerprint density at radius 2 is 1.76 bits per heavy atom. The summed E-state index contributed by atoms with van der Waals surface area (Å²) in [5.41, 5.74) is 5.43. The molecular formula is C25H21N5OS2. The van der Waals surface area contributed by atoms with Gasteiger partial charge in [-0.1, -0.05) is 60.3 Å². The summed E-state index contributed by atoms with van der Waals surface area (Å²) in [5, 5.41) is 15.1. The molecule has 1 amide bonds. The lowest BCUT2D eigenvalue weighted by Gasteiger charge is -2.20. The Labute approximate surface area is 200 Å². The van der Waals surface area contributed by atoms with Crippen molar-refractivity contribution in [3.05, 3.63) is 94.8 Å². The fraction of sp³-hybridized carbons (Fsp3) is 0.120. The normalized spacial score (nSPS) is 16.8. The van der Waals surface area contributed by atoms with Crippen LogP contribution in [0.1, 0.15) is 22.5 Å². The van der Waals surface area contributed by atoms with Crippen LogP contribution in [-0.4, -0.2) is 30.9 Å². The number of fused-ring (bicyclic) bond motifs is 1. The lowest BCUT2D eigenvalue weighted by molar-refractivity contribution is -0.114. The molecule has 2 aromatic carbocycles. The predicted molar refractivity (Wildman–Crippen MR) is 138 cm³/mol. The van der Waals surface area contributed by atoms with Gasteiger partial charge in [0, 0.05) is 22.8 Å². The molecule has 164 valence electrons. The molecular weight excluding hydrogens is 450 g/mol. The zero-order valence-electron chi connectivity index (χ0n) is 18.1. The van der Waals surface area contributed by atoms with Gasteiger partial charge in [0.2, 0.25) is 5.17 Å². The van der Waals surface area contributed by atoms with Crippen LogP contribution >= 0.6 is 23.5 Å². The highest BCUT2D eigenvalue weighted by atomic mass is 32.2. The monoisotopic (exact) mass is 471 g/mol. The van der Waals surface area contributed by atoms with E-state index in [1.807, 2.05) is 68.4 Å². The number of aliphatic imine (C=N–C) groups is 1. The Kier molecular flexibility index (Phi) is 5.78. The molecule has 0 atom stereocenters. The van der Waals surface area contributed by atoms with Gasteiger partial charge < -0.3 is 4.57 Å². The molecule has 2 aliphatic rings. The highest BCUT2D eigenvalue weighted by molar-refractivity contribution is 8.45. The summed E-state index contributed by atoms with van der Waals surface area (Å²) in [4.78, 5) is 17.0. The van der Waals surface area contributed by atoms with E-state index < -0.39 is 5.91 Å². The zero-order valence-corrected chi connectivity index (χ0v) is 19.8. The minimum absolute atomic E-state index is 0.0531. The van der Waals surface area contributed by atoms with E-state index in [2.05, 4.69) is 26.8 Å². The first-order valence-corrected chi connectivity index (χ1v) is 12.2. The predicted octanol–water partition coefficient (Wildman–Crippen LogP) is 5.60. The molecule has 3 heterocycles. The molecule has 0 radical (unpaired) electrons. The summed E-state index contributed by atoms with van der Waals surface area (Å²) in [6.45, 7) is 4.05. The largest absolute Gasteiger partial charge is 0.318 e. The number of amides is 1. The number of benzene rings is 2. The van der Waals surface area contributed by atoms with Crippen LogP contribution in [0.2, 0.25) is 0 Å². The van der Waals surface area contributed by atoms with Crippen molar-refractivity contribution < 1.29 is 4.79 Å². The summed E-state index contributed by atoms with van der Waals surface area (Å²) in [7, 11) is 0. The molecule has 6 nitrogen and oxygen atoms in total. The van der Waals surface area contributed by atoms with Crippen molar-refractivity contribution in [2.45, 2.75) is 19.6 Å². The number of nitrogens with zero attached hydrogens (tertiary/aromatic N) is 4. The van der Waals surface area contributed by atoms with E-state index in [0.29, 0.717) is 5.17 Å². The van der Waals surface area contributed by atoms with Crippen molar-refractivity contribution in [1.29, 1.82) is 5.41 Å². The number of nitrogens with one attached hydrogen (secondary N) is 1. The third-order valence-electron chi connectivity index (χ3n) is 5.43. The summed E-state index contributed by atoms with van der Waals surface area (Å²) in [5.74, 6) is 0.411. The van der Waals surface area contributed by atoms with Crippen molar-refractivity contribution in [3.63, 3.8) is 0 Å². The Hall–Kier alpha value is -3.36. The Balaban J connectivity index is 1.41. The second-order valence-electron chi connectivity index (χ2n) is 7.66. The van der Waals surface area contributed by atoms with E-state index in [9.17, 15) is 4.79 Å². The lowest BCUT2D eigenvalue weighted by Crippen LogP contribution is -2.35. The van der Waals surface area contributed by atoms with Gasteiger partial charge in [0.05, 0.1) is 5.57 Å². The molecule has 33 heavy (non-hydrogen) atoms. The van der Waals surface area contributed by atoms with Crippen molar-refractivity contribution >= 4 is 50.9 Å². The molecule has 8 heteroatoms. The number of hydrogen-bond acceptors (Lipinski definition) is 5. The van der Waals surface area contributed by atoms with Crippen molar-refractivity contribution in [2.24, 2.45) is 10.1 Å². The minimum atomic E-state index is -0.409. The maximum atomic E-state index is 12.8. The summed E-state index contributed by atoms with van der Waals surface area (Å²) in [6, 6.07) is 22.2. The highest BCUT2D eigenvalue weighted by Gasteiger charge is 2.36. The third kappa shape index (κ3) is 4.19. The van der Waals surface area contributed by atoms with Gasteiger partial charge in [-0.3, -0.25) is 10.2 Å². The number of aromatic nitrogens is 1. The topological polar surface area (TPSA) is 73.8 Å². The summed E-state index contributed by atoms with van der Waals surface area (Å²) in [6.07, 6.45) is 1.75. The zero-order chi connectivity index (χ0) is 22.9. The number of carbonyl (C=O) groups excluding carboxylic acids is 1. The van der Waals surface area contributed by atoms with Crippen LogP contribution < -0.4 is 0 Å². The molecule has 0 fully saturated rings. The quantitative estimate of drug-likeness (QED) is 0.503. The molecule has 5 rings (SSSR count). The van der Waals surface area contributed by atoms with E-state index >= 15 is 0 Å². The van der Waals surface area contributed by atoms with Crippen LogP contribution in [0, 0.1) is 19.3 Å². The van der Waals surface area contributed by atoms with Gasteiger partial charge in [-0.05, 0) is 61.0 Å². The molecule has 0 saturated carbocycles. The van der Waals surface area contributed by atoms with Crippen LogP contribution in [0.25, 0.3) is 11.8 Å². The van der Waals surface area contributed by atoms with Gasteiger partial charge in [-0.25, -0.2) is 0 Å². The Morgan fingerprint density at radius 3 is 2.48 bits per heavy atom. The van der Waals surface area contributed by atoms with Gasteiger partial charge in [0.25, 0.3) is 5.91 Å². The molecule has 0 unspecified atom stereocenters. The second kappa shape index (κ2) is 8.88. The Morgan fingerprint density at radius 1 is 1.06 bits per heavy atom. The van der Waals surface area contributed by atoms with Crippen LogP contribution in [0.15, 0.2) is 82.4 Å². The van der Waals surface area contributed by atoms with Crippen molar-refractivity contribution in [2.75, 3.05) is 0 Å². The van der Waals surface area contributed by atoms with Crippen LogP contribution in [-0.2, 0) is 10.5 Å². The van der Waals surface area contributed by atoms with Gasteiger partial charge in [0.1, 0.15) is 0 Å². The molecule has 2 aliphatic heterocycles. The number of amidine groups is 2. The fourth-order valence-corrected chi connectivity index (χ4v) is 5.70. The first-order chi connectivity index (χ1) is 16.0. The second-order valence-corrected chi connectivity index (χ2v) is 9.84. The van der Waals surface area contributed by atoms with E-state index in [0.717, 1.165) is 32.8 Å². The van der Waals surface area contributed by atoms with E-state index in [4.69, 9.17) is 5.41 Å². The molecule has 3 aromatic rings. The maximum Gasteiger partial charge on any atom is 0.283 e. The number of hydrazone groups is 1. The number of thioether (sulfide) groups is 2. The van der Waals surface area contributed by atoms with Gasteiger partial charge in [-0.2, -0.15) is 10.0 Å². The third-order valence-corrected chi connectivity index (χ3v) is 7.54. The first kappa shape index (κ1) is 21.5. The van der Waals surface area contributed by atoms with E-state index in [1.54, 1.807) is 17.8 Å². The number of aryl methyl sites for hydroxylation is 1. The molecule has 1 aromatic heterocycles. The van der Waals surface area contributed by atoms with Crippen LogP contribution in [0.4, 0.5) is 0 Å². The van der Waals surface area contributed by atoms with Gasteiger partial charge >= 0.3 is 0 Å². The van der Waals surface area contributed by atoms with E-state index in [-0.39, 0.29) is 11.4 Å². The SMILES string of the molecule is Cc1cc(/C=C2\C(=N)N3N=C(SCc4ccccc4)SC3=NC2=O)c(C)n1-c1ccccc1. The van der Waals surface area contributed by atoms with E-state index in [1.165, 1.54) is 22.3 Å². The first-order valence-electron chi connectivity index (χ1n) is 10.4. The molecule has 0 spiro atoms. The van der Waals surface area contributed by atoms with Crippen molar-refractivity contribution in [1.82, 2.24) is 9.58 Å². The molecule has 0 aliphatic carbocycles. The number of para-hydroxylation sites is 1. The fourth-order valence-electron chi connectivity index (χ4n) is 3.82. The standard InChI is InChI=1S/C25H21N5OS2/c1-16-13-19(17(2)29(16)20-11-7-4-8-12-20)14-21-22(26)30-24(27-23(21)31)33-25(28-30)32-15-18-9-5-3-6-10-18/h3-14,26H,15H2,1-2H3/b21-14+,26-22?. The maximum absolute atomic E-state index is 12.8. The number of hydrogen-bond donors (Lipinski definition) is 1. The van der Waals surface area contributed by atoms with Crippen LogP contribution in [0.3, 0.4) is 0 Å². The smallest absolute Gasteiger partial charge is 0.283 e. The van der Waals surface area contributed by atoms with Gasteiger partial charge in [0.15, 0.2) is 10.2 Å². The summed E-state index contributed by atoms with van der Waals surface area (Å²) >= 11 is 2.91. The molecule has 1 N–H and O–H groups in total. The average molecular weight is 472 g/mol. The Bertz CT molecular complexity index is 1340. The molecule has 0 bridgehead atoms. The minimum Gasteiger partial charge on any atom is -0.318 e. The number of rotatable bonds is 4. The number of carbonyl (C=O) groups is 1. The molecule has 0 saturated heterocycles. The average Bonchev–Trinajstić information content (AvgIpc) is 3.36.